The number of nitrogens with zero attached hydrogens (tertiary/aromatic N) is 4. The predicted octanol–water partition coefficient (Wildman–Crippen LogP) is 2.28. The van der Waals surface area contributed by atoms with Crippen molar-refractivity contribution in [3.8, 4) is 11.4 Å². The van der Waals surface area contributed by atoms with Crippen LogP contribution in [0.5, 0.6) is 5.75 Å². The maximum atomic E-state index is 12.7. The number of aryl methyl sites for hydroxylation is 1. The number of methoxy groups -OCH3 is 1. The topological polar surface area (TPSA) is 91.0 Å². The Balaban J connectivity index is 1.68. The van der Waals surface area contributed by atoms with E-state index in [2.05, 4.69) is 15.5 Å². The van der Waals surface area contributed by atoms with Crippen LogP contribution in [0.4, 0.5) is 0 Å². The maximum Gasteiger partial charge on any atom is 0.283 e. The average molecular weight is 375 g/mol. The normalized spacial score (nSPS) is 10.8. The summed E-state index contributed by atoms with van der Waals surface area (Å²) in [4.78, 5) is 29.5. The summed E-state index contributed by atoms with van der Waals surface area (Å²) in [6, 6.07) is 14.4. The highest BCUT2D eigenvalue weighted by molar-refractivity contribution is 6.00. The number of ether oxygens (including phenoxy) is 1. The van der Waals surface area contributed by atoms with E-state index in [4.69, 9.17) is 4.74 Å². The lowest BCUT2D eigenvalue weighted by Crippen LogP contribution is -2.33. The third kappa shape index (κ3) is 3.11. The zero-order valence-corrected chi connectivity index (χ0v) is 15.3. The molecule has 8 heteroatoms. The van der Waals surface area contributed by atoms with Crippen LogP contribution in [0.15, 0.2) is 65.8 Å². The number of nitrogens with one attached hydrogen (secondary N) is 1. The second-order valence-corrected chi connectivity index (χ2v) is 6.22. The van der Waals surface area contributed by atoms with Crippen LogP contribution in [-0.4, -0.2) is 32.5 Å². The van der Waals surface area contributed by atoms with Gasteiger partial charge in [-0.1, -0.05) is 23.8 Å². The minimum atomic E-state index is -0.451. The van der Waals surface area contributed by atoms with Crippen LogP contribution < -0.4 is 15.7 Å². The molecule has 0 saturated carbocycles. The zero-order chi connectivity index (χ0) is 19.7. The molecular weight excluding hydrogens is 358 g/mol. The third-order valence-corrected chi connectivity index (χ3v) is 4.32. The number of benzene rings is 2. The van der Waals surface area contributed by atoms with Crippen molar-refractivity contribution < 1.29 is 9.53 Å². The first-order valence-electron chi connectivity index (χ1n) is 8.54. The summed E-state index contributed by atoms with van der Waals surface area (Å²) in [5.41, 5.74) is 4.82. The van der Waals surface area contributed by atoms with Gasteiger partial charge in [-0.3, -0.25) is 15.0 Å². The maximum absolute atomic E-state index is 12.7. The molecule has 0 aliphatic heterocycles. The molecule has 0 atom stereocenters. The molecule has 0 aliphatic rings. The molecule has 1 amide bonds. The van der Waals surface area contributed by atoms with Gasteiger partial charge in [0.2, 0.25) is 0 Å². The van der Waals surface area contributed by atoms with Gasteiger partial charge in [0.1, 0.15) is 17.5 Å². The van der Waals surface area contributed by atoms with Gasteiger partial charge in [0.25, 0.3) is 11.5 Å². The monoisotopic (exact) mass is 375 g/mol. The van der Waals surface area contributed by atoms with Crippen molar-refractivity contribution in [2.24, 2.45) is 0 Å². The van der Waals surface area contributed by atoms with Crippen molar-refractivity contribution in [3.05, 3.63) is 82.5 Å². The zero-order valence-electron chi connectivity index (χ0n) is 15.3. The number of carbonyl (C=O) groups is 1. The van der Waals surface area contributed by atoms with Crippen molar-refractivity contribution in [2.75, 3.05) is 12.5 Å². The fourth-order valence-electron chi connectivity index (χ4n) is 2.80. The van der Waals surface area contributed by atoms with Crippen LogP contribution in [0.2, 0.25) is 0 Å². The first-order valence-corrected chi connectivity index (χ1v) is 8.54. The average Bonchev–Trinajstić information content (AvgIpc) is 3.15. The van der Waals surface area contributed by atoms with Gasteiger partial charge in [0.05, 0.1) is 19.0 Å². The molecule has 0 bridgehead atoms. The van der Waals surface area contributed by atoms with E-state index in [1.54, 1.807) is 28.9 Å². The molecule has 0 radical (unpaired) electrons. The minimum Gasteiger partial charge on any atom is -0.497 e. The van der Waals surface area contributed by atoms with Crippen molar-refractivity contribution in [3.63, 3.8) is 0 Å². The molecule has 0 unspecified atom stereocenters. The lowest BCUT2D eigenvalue weighted by molar-refractivity contribution is 0.101. The van der Waals surface area contributed by atoms with E-state index < -0.39 is 11.5 Å². The Kier molecular flexibility index (Phi) is 4.36. The molecule has 0 saturated heterocycles. The molecule has 0 fully saturated rings. The first kappa shape index (κ1) is 17.5. The van der Waals surface area contributed by atoms with Crippen LogP contribution in [-0.2, 0) is 0 Å². The van der Waals surface area contributed by atoms with Crippen molar-refractivity contribution in [1.29, 1.82) is 0 Å². The van der Waals surface area contributed by atoms with Crippen LogP contribution in [0, 0.1) is 6.92 Å². The summed E-state index contributed by atoms with van der Waals surface area (Å²) in [5.74, 6) is 0.0982. The number of rotatable bonds is 4. The predicted molar refractivity (Wildman–Crippen MR) is 105 cm³/mol. The smallest absolute Gasteiger partial charge is 0.283 e. The Morgan fingerprint density at radius 3 is 2.68 bits per heavy atom. The minimum absolute atomic E-state index is 0.300. The molecule has 2 aromatic carbocycles. The Hall–Kier alpha value is -3.94. The standard InChI is InChI=1S/C20H17N5O3/c1-13-6-8-15(9-7-13)25-18-17(11-22-25)20(27)24(12-21-18)23-19(26)14-4-3-5-16(10-14)28-2/h3-12H,1-2H3,(H,23,26). The van der Waals surface area contributed by atoms with Crippen LogP contribution >= 0.6 is 0 Å². The van der Waals surface area contributed by atoms with Crippen molar-refractivity contribution in [2.45, 2.75) is 6.92 Å². The fraction of sp³-hybridized carbons (Fsp3) is 0.100. The SMILES string of the molecule is COc1cccc(C(=O)Nn2cnc3c(cnn3-c3ccc(C)cc3)c2=O)c1. The molecule has 28 heavy (non-hydrogen) atoms. The molecule has 1 N–H and O–H groups in total. The number of amides is 1. The van der Waals surface area contributed by atoms with Gasteiger partial charge < -0.3 is 4.74 Å². The van der Waals surface area contributed by atoms with E-state index >= 15 is 0 Å². The molecule has 140 valence electrons. The molecule has 2 aromatic heterocycles. The van der Waals surface area contributed by atoms with Gasteiger partial charge in [-0.05, 0) is 37.3 Å². The molecule has 4 aromatic rings. The number of fused-ring (bicyclic) bond motifs is 1. The summed E-state index contributed by atoms with van der Waals surface area (Å²) in [7, 11) is 1.52. The first-order chi connectivity index (χ1) is 13.6. The summed E-state index contributed by atoms with van der Waals surface area (Å²) in [5, 5.41) is 4.57. The molecular formula is C20H17N5O3. The number of hydrogen-bond donors (Lipinski definition) is 1. The number of hydrogen-bond acceptors (Lipinski definition) is 5. The van der Waals surface area contributed by atoms with E-state index in [-0.39, 0.29) is 0 Å². The summed E-state index contributed by atoms with van der Waals surface area (Å²) in [6.45, 7) is 1.99. The van der Waals surface area contributed by atoms with Gasteiger partial charge in [-0.2, -0.15) is 5.10 Å². The highest BCUT2D eigenvalue weighted by Gasteiger charge is 2.14. The highest BCUT2D eigenvalue weighted by atomic mass is 16.5. The van der Waals surface area contributed by atoms with Gasteiger partial charge in [-0.25, -0.2) is 14.3 Å². The lowest BCUT2D eigenvalue weighted by Gasteiger charge is -2.09. The summed E-state index contributed by atoms with van der Waals surface area (Å²) >= 11 is 0. The van der Waals surface area contributed by atoms with Crippen LogP contribution in [0.1, 0.15) is 15.9 Å². The Morgan fingerprint density at radius 2 is 1.93 bits per heavy atom. The van der Waals surface area contributed by atoms with Crippen molar-refractivity contribution in [1.82, 2.24) is 19.4 Å². The Morgan fingerprint density at radius 1 is 1.14 bits per heavy atom. The highest BCUT2D eigenvalue weighted by Crippen LogP contribution is 2.15. The molecule has 2 heterocycles. The second kappa shape index (κ2) is 6.99. The molecule has 8 nitrogen and oxygen atoms in total. The number of carbonyl (C=O) groups excluding carboxylic acids is 1. The Labute approximate surface area is 160 Å². The lowest BCUT2D eigenvalue weighted by atomic mass is 10.2. The quantitative estimate of drug-likeness (QED) is 0.591. The number of aromatic nitrogens is 4. The summed E-state index contributed by atoms with van der Waals surface area (Å²) < 4.78 is 7.75. The third-order valence-electron chi connectivity index (χ3n) is 4.32. The Bertz CT molecular complexity index is 1220. The van der Waals surface area contributed by atoms with E-state index in [0.717, 1.165) is 15.9 Å². The van der Waals surface area contributed by atoms with Crippen molar-refractivity contribution >= 4 is 16.9 Å². The van der Waals surface area contributed by atoms with E-state index in [1.165, 1.54) is 19.6 Å². The van der Waals surface area contributed by atoms with Gasteiger partial charge in [0, 0.05) is 5.56 Å². The molecule has 0 aliphatic carbocycles. The van der Waals surface area contributed by atoms with E-state index in [0.29, 0.717) is 22.3 Å². The molecule has 0 spiro atoms. The van der Waals surface area contributed by atoms with Crippen LogP contribution in [0.25, 0.3) is 16.7 Å². The summed E-state index contributed by atoms with van der Waals surface area (Å²) in [6.07, 6.45) is 2.72. The van der Waals surface area contributed by atoms with E-state index in [1.807, 2.05) is 31.2 Å². The van der Waals surface area contributed by atoms with Gasteiger partial charge in [-0.15, -0.1) is 0 Å². The van der Waals surface area contributed by atoms with Crippen LogP contribution in [0.3, 0.4) is 0 Å². The molecule has 4 rings (SSSR count). The largest absolute Gasteiger partial charge is 0.497 e. The van der Waals surface area contributed by atoms with E-state index in [9.17, 15) is 9.59 Å². The van der Waals surface area contributed by atoms with Gasteiger partial charge in [0.15, 0.2) is 5.65 Å². The van der Waals surface area contributed by atoms with Gasteiger partial charge >= 0.3 is 0 Å². The fourth-order valence-corrected chi connectivity index (χ4v) is 2.80. The second-order valence-electron chi connectivity index (χ2n) is 6.22.